The van der Waals surface area contributed by atoms with Crippen LogP contribution in [0.3, 0.4) is 0 Å². The van der Waals surface area contributed by atoms with Crippen molar-refractivity contribution in [3.63, 3.8) is 0 Å². The van der Waals surface area contributed by atoms with Gasteiger partial charge in [0.1, 0.15) is 19.0 Å². The number of nitrogens with zero attached hydrogens (tertiary/aromatic N) is 2. The van der Waals surface area contributed by atoms with Crippen molar-refractivity contribution in [1.82, 2.24) is 9.88 Å². The molecule has 0 bridgehead atoms. The van der Waals surface area contributed by atoms with E-state index < -0.39 is 11.7 Å². The van der Waals surface area contributed by atoms with Gasteiger partial charge in [-0.1, -0.05) is 59.6 Å². The minimum Gasteiger partial charge on any atom is -0.362 e. The molecule has 1 aliphatic heterocycles. The second kappa shape index (κ2) is 12.9. The van der Waals surface area contributed by atoms with Gasteiger partial charge in [-0.3, -0.25) is 9.59 Å². The normalized spacial score (nSPS) is 13.8. The fourth-order valence-electron chi connectivity index (χ4n) is 4.83. The molecule has 0 aliphatic carbocycles. The predicted octanol–water partition coefficient (Wildman–Crippen LogP) is 7.25. The smallest absolute Gasteiger partial charge is 0.250 e. The number of aryl methyl sites for hydroxylation is 2. The first-order valence-corrected chi connectivity index (χ1v) is 14.7. The fourth-order valence-corrected chi connectivity index (χ4v) is 6.22. The van der Waals surface area contributed by atoms with Crippen LogP contribution in [0.1, 0.15) is 34.9 Å². The molecule has 5 rings (SSSR count). The number of amides is 2. The van der Waals surface area contributed by atoms with Gasteiger partial charge in [-0.25, -0.2) is 9.37 Å². The van der Waals surface area contributed by atoms with E-state index in [1.54, 1.807) is 29.2 Å². The summed E-state index contributed by atoms with van der Waals surface area (Å²) in [5.74, 6) is -0.777. The summed E-state index contributed by atoms with van der Waals surface area (Å²) in [6, 6.07) is 20.4. The number of carbonyl (C=O) groups is 2. The topological polar surface area (TPSA) is 71.5 Å². The molecular weight excluding hydrogens is 561 g/mol. The van der Waals surface area contributed by atoms with Crippen LogP contribution in [-0.4, -0.2) is 48.0 Å². The number of carbonyl (C=O) groups excluding carboxylic acids is 2. The van der Waals surface area contributed by atoms with Crippen molar-refractivity contribution in [3.05, 3.63) is 93.7 Å². The van der Waals surface area contributed by atoms with E-state index in [0.717, 1.165) is 45.1 Å². The summed E-state index contributed by atoms with van der Waals surface area (Å²) in [6.45, 7) is 4.57. The van der Waals surface area contributed by atoms with Gasteiger partial charge in [0.05, 0.1) is 15.6 Å². The van der Waals surface area contributed by atoms with Crippen LogP contribution in [0.15, 0.2) is 66.7 Å². The van der Waals surface area contributed by atoms with Gasteiger partial charge in [0.2, 0.25) is 11.8 Å². The van der Waals surface area contributed by atoms with E-state index in [1.165, 1.54) is 17.7 Å². The number of anilines is 1. The molecule has 1 fully saturated rings. The van der Waals surface area contributed by atoms with E-state index in [-0.39, 0.29) is 25.0 Å². The van der Waals surface area contributed by atoms with Crippen molar-refractivity contribution in [2.45, 2.75) is 32.6 Å². The quantitative estimate of drug-likeness (QED) is 0.234. The third kappa shape index (κ3) is 7.19. The number of nitrogens with one attached hydrogen (secondary N) is 1. The largest absolute Gasteiger partial charge is 0.362 e. The summed E-state index contributed by atoms with van der Waals surface area (Å²) in [4.78, 5) is 33.0. The Morgan fingerprint density at radius 2 is 1.68 bits per heavy atom. The summed E-state index contributed by atoms with van der Waals surface area (Å²) in [5.41, 5.74) is 5.43. The third-order valence-electron chi connectivity index (χ3n) is 7.20. The molecule has 1 N–H and O–H groups in total. The number of benzene rings is 3. The number of aromatic nitrogens is 1. The summed E-state index contributed by atoms with van der Waals surface area (Å²) in [6.07, 6.45) is 1.60. The number of hydrogen-bond donors (Lipinski definition) is 1. The maximum Gasteiger partial charge on any atom is 0.250 e. The molecule has 0 saturated carbocycles. The lowest BCUT2D eigenvalue weighted by Gasteiger charge is -2.31. The van der Waals surface area contributed by atoms with Crippen LogP contribution in [0.25, 0.3) is 21.7 Å². The highest BCUT2D eigenvalue weighted by atomic mass is 35.5. The van der Waals surface area contributed by atoms with Crippen LogP contribution < -0.4 is 5.32 Å². The second-order valence-corrected chi connectivity index (χ2v) is 11.7. The van der Waals surface area contributed by atoms with Crippen molar-refractivity contribution in [3.8, 4) is 21.7 Å². The minimum atomic E-state index is -0.435. The molecule has 2 amide bonds. The number of halogens is 2. The summed E-state index contributed by atoms with van der Waals surface area (Å²) in [7, 11) is 0. The van der Waals surface area contributed by atoms with Gasteiger partial charge in [0, 0.05) is 35.3 Å². The lowest BCUT2D eigenvalue weighted by molar-refractivity contribution is -0.138. The molecule has 4 aromatic rings. The first kappa shape index (κ1) is 28.9. The number of rotatable bonds is 8. The zero-order valence-electron chi connectivity index (χ0n) is 23.0. The Labute approximate surface area is 248 Å². The van der Waals surface area contributed by atoms with Crippen molar-refractivity contribution in [2.75, 3.05) is 31.6 Å². The molecule has 9 heteroatoms. The molecular formula is C32H31ClFN3O3S. The molecule has 3 aromatic carbocycles. The van der Waals surface area contributed by atoms with E-state index in [2.05, 4.69) is 36.5 Å². The molecule has 212 valence electrons. The van der Waals surface area contributed by atoms with Gasteiger partial charge in [0.15, 0.2) is 0 Å². The van der Waals surface area contributed by atoms with Crippen LogP contribution in [0.5, 0.6) is 0 Å². The average Bonchev–Trinajstić information content (AvgIpc) is 3.41. The molecule has 0 spiro atoms. The molecule has 41 heavy (non-hydrogen) atoms. The van der Waals surface area contributed by atoms with Crippen molar-refractivity contribution in [2.24, 2.45) is 0 Å². The Morgan fingerprint density at radius 1 is 1.00 bits per heavy atom. The lowest BCUT2D eigenvalue weighted by Crippen LogP contribution is -2.40. The van der Waals surface area contributed by atoms with E-state index in [0.29, 0.717) is 23.8 Å². The van der Waals surface area contributed by atoms with Gasteiger partial charge < -0.3 is 15.0 Å². The van der Waals surface area contributed by atoms with Gasteiger partial charge in [-0.05, 0) is 62.1 Å². The number of thiazole rings is 1. The van der Waals surface area contributed by atoms with Crippen LogP contribution >= 0.6 is 22.9 Å². The van der Waals surface area contributed by atoms with Gasteiger partial charge in [0.25, 0.3) is 0 Å². The maximum absolute atomic E-state index is 13.5. The Morgan fingerprint density at radius 3 is 2.39 bits per heavy atom. The molecule has 0 unspecified atom stereocenters. The monoisotopic (exact) mass is 591 g/mol. The zero-order chi connectivity index (χ0) is 28.9. The van der Waals surface area contributed by atoms with Crippen LogP contribution in [0.4, 0.5) is 10.1 Å². The number of ether oxygens (including phenoxy) is 1. The first-order chi connectivity index (χ1) is 19.8. The highest BCUT2D eigenvalue weighted by Gasteiger charge is 2.27. The SMILES string of the molecule is Cc1ccc(-c2sc(C3CCN(C(=O)COCC(=O)Nc4cc(F)ccc4C)CC3)nc2-c2ccc(Cl)cc2)cc1. The Kier molecular flexibility index (Phi) is 9.12. The summed E-state index contributed by atoms with van der Waals surface area (Å²) in [5, 5.41) is 4.37. The van der Waals surface area contributed by atoms with Gasteiger partial charge in [-0.2, -0.15) is 0 Å². The highest BCUT2D eigenvalue weighted by molar-refractivity contribution is 7.15. The predicted molar refractivity (Wildman–Crippen MR) is 162 cm³/mol. The number of likely N-dealkylation sites (tertiary alicyclic amines) is 1. The van der Waals surface area contributed by atoms with Crippen molar-refractivity contribution in [1.29, 1.82) is 0 Å². The van der Waals surface area contributed by atoms with Crippen LogP contribution in [0.2, 0.25) is 5.02 Å². The first-order valence-electron chi connectivity index (χ1n) is 13.5. The molecule has 0 radical (unpaired) electrons. The Balaban J connectivity index is 1.18. The molecule has 1 aliphatic rings. The van der Waals surface area contributed by atoms with Crippen LogP contribution in [-0.2, 0) is 14.3 Å². The van der Waals surface area contributed by atoms with Crippen LogP contribution in [0, 0.1) is 19.7 Å². The van der Waals surface area contributed by atoms with Gasteiger partial charge >= 0.3 is 0 Å². The number of hydrogen-bond acceptors (Lipinski definition) is 5. The summed E-state index contributed by atoms with van der Waals surface area (Å²) >= 11 is 7.85. The van der Waals surface area contributed by atoms with E-state index in [9.17, 15) is 14.0 Å². The minimum absolute atomic E-state index is 0.153. The van der Waals surface area contributed by atoms with Gasteiger partial charge in [-0.15, -0.1) is 11.3 Å². The Hall–Kier alpha value is -3.59. The van der Waals surface area contributed by atoms with E-state index >= 15 is 0 Å². The van der Waals surface area contributed by atoms with Crippen molar-refractivity contribution < 1.29 is 18.7 Å². The molecule has 6 nitrogen and oxygen atoms in total. The lowest BCUT2D eigenvalue weighted by atomic mass is 9.97. The maximum atomic E-state index is 13.5. The second-order valence-electron chi connectivity index (χ2n) is 10.3. The number of piperidine rings is 1. The summed E-state index contributed by atoms with van der Waals surface area (Å²) < 4.78 is 18.8. The van der Waals surface area contributed by atoms with E-state index in [4.69, 9.17) is 21.3 Å². The zero-order valence-corrected chi connectivity index (χ0v) is 24.5. The standard InChI is InChI=1S/C32H31ClFN3O3S/c1-20-3-6-23(7-4-20)31-30(22-8-10-25(33)11-9-22)36-32(41-31)24-13-15-37(16-14-24)29(39)19-40-18-28(38)35-27-17-26(34)12-5-21(27)2/h3-12,17,24H,13-16,18-19H2,1-2H3,(H,35,38). The highest BCUT2D eigenvalue weighted by Crippen LogP contribution is 2.41. The third-order valence-corrected chi connectivity index (χ3v) is 8.72. The average molecular weight is 592 g/mol. The fraction of sp³-hybridized carbons (Fsp3) is 0.281. The molecule has 2 heterocycles. The Bertz CT molecular complexity index is 1470. The molecule has 1 saturated heterocycles. The molecule has 1 aromatic heterocycles. The van der Waals surface area contributed by atoms with Crippen molar-refractivity contribution >= 4 is 40.4 Å². The molecule has 0 atom stereocenters. The van der Waals surface area contributed by atoms with E-state index in [1.807, 2.05) is 24.3 Å².